The maximum Gasteiger partial charge on any atom is 0.119 e. The molecule has 2 aliphatic carbocycles. The molecule has 2 nitrogen and oxygen atoms in total. The van der Waals surface area contributed by atoms with Crippen LogP contribution in [0.25, 0.3) is 0 Å². The predicted molar refractivity (Wildman–Crippen MR) is 81.4 cm³/mol. The lowest BCUT2D eigenvalue weighted by molar-refractivity contribution is 0.00274. The minimum absolute atomic E-state index is 0.321. The van der Waals surface area contributed by atoms with E-state index in [1.165, 1.54) is 49.8 Å². The molecule has 4 rings (SSSR count). The normalized spacial score (nSPS) is 37.7. The van der Waals surface area contributed by atoms with Crippen molar-refractivity contribution in [3.05, 3.63) is 29.3 Å². The lowest BCUT2D eigenvalue weighted by Crippen LogP contribution is -2.59. The molecule has 1 aliphatic heterocycles. The van der Waals surface area contributed by atoms with E-state index in [1.807, 2.05) is 6.07 Å². The Balaban J connectivity index is 1.80. The van der Waals surface area contributed by atoms with Crippen LogP contribution in [0.5, 0.6) is 5.75 Å². The fourth-order valence-corrected chi connectivity index (χ4v) is 5.25. The molecule has 0 N–H and O–H groups in total. The van der Waals surface area contributed by atoms with Crippen molar-refractivity contribution >= 4 is 0 Å². The zero-order chi connectivity index (χ0) is 15.3. The number of ether oxygens (including phenoxy) is 1. The molecule has 0 amide bonds. The summed E-state index contributed by atoms with van der Waals surface area (Å²) >= 11 is 0. The van der Waals surface area contributed by atoms with Crippen LogP contribution in [-0.4, -0.2) is 31.6 Å². The number of hydrogen-bond acceptors (Lipinski definition) is 2. The molecule has 3 atom stereocenters. The summed E-state index contributed by atoms with van der Waals surface area (Å²) in [4.78, 5) is 2.57. The summed E-state index contributed by atoms with van der Waals surface area (Å²) in [7, 11) is 1.04. The summed E-state index contributed by atoms with van der Waals surface area (Å²) in [6.45, 7) is 1.19. The first kappa shape index (κ1) is 10.7. The average Bonchev–Trinajstić information content (AvgIpc) is 2.51. The van der Waals surface area contributed by atoms with Crippen molar-refractivity contribution in [1.29, 1.82) is 0 Å². The van der Waals surface area contributed by atoms with E-state index in [-0.39, 0.29) is 0 Å². The summed E-state index contributed by atoms with van der Waals surface area (Å²) in [5.41, 5.74) is 3.26. The van der Waals surface area contributed by atoms with Gasteiger partial charge in [-0.1, -0.05) is 18.9 Å². The first-order valence-electron chi connectivity index (χ1n) is 9.10. The molecule has 1 aromatic rings. The molecule has 108 valence electrons. The van der Waals surface area contributed by atoms with Crippen molar-refractivity contribution in [1.82, 2.24) is 4.90 Å². The van der Waals surface area contributed by atoms with Gasteiger partial charge in [-0.15, -0.1) is 0 Å². The largest absolute Gasteiger partial charge is 0.497 e. The molecule has 1 saturated heterocycles. The van der Waals surface area contributed by atoms with Crippen molar-refractivity contribution in [3.63, 3.8) is 0 Å². The number of likely N-dealkylation sites (tertiary alicyclic amines) is 1. The van der Waals surface area contributed by atoms with E-state index in [9.17, 15) is 0 Å². The lowest BCUT2D eigenvalue weighted by atomic mass is 9.52. The highest BCUT2D eigenvalue weighted by molar-refractivity contribution is 5.45. The molecule has 0 aromatic heterocycles. The van der Waals surface area contributed by atoms with Crippen molar-refractivity contribution in [2.24, 2.45) is 5.92 Å². The first-order chi connectivity index (χ1) is 10.6. The number of methoxy groups -OCH3 is 1. The molecule has 20 heavy (non-hydrogen) atoms. The second kappa shape index (κ2) is 4.49. The van der Waals surface area contributed by atoms with Gasteiger partial charge < -0.3 is 9.64 Å². The Kier molecular flexibility index (Phi) is 2.40. The number of hydrogen-bond donors (Lipinski definition) is 0. The smallest absolute Gasteiger partial charge is 0.119 e. The minimum atomic E-state index is -1.24. The topological polar surface area (TPSA) is 12.5 Å². The highest BCUT2D eigenvalue weighted by Gasteiger charge is 2.53. The fraction of sp³-hybridized carbons (Fsp3) is 0.667. The van der Waals surface area contributed by atoms with Gasteiger partial charge in [0.1, 0.15) is 5.75 Å². The molecule has 0 unspecified atom stereocenters. The van der Waals surface area contributed by atoms with E-state index < -0.39 is 7.06 Å². The monoisotopic (exact) mass is 273 g/mol. The number of likely N-dealkylation sites (N-methyl/N-ethyl adjacent to an activating group) is 1. The number of nitrogens with zero attached hydrogens (tertiary/aromatic N) is 1. The van der Waals surface area contributed by atoms with Gasteiger partial charge >= 0.3 is 0 Å². The summed E-state index contributed by atoms with van der Waals surface area (Å²) < 4.78 is 20.0. The van der Waals surface area contributed by atoms with Gasteiger partial charge in [0, 0.05) is 11.5 Å². The molecule has 1 heterocycles. The van der Waals surface area contributed by atoms with Crippen LogP contribution >= 0.6 is 0 Å². The SMILES string of the molecule is [2H]C([2H])Oc1ccc2c(c1)[C@@]13CCCC[C@H]1[C@@H](C2)N(C)CC3. The van der Waals surface area contributed by atoms with E-state index in [1.54, 1.807) is 0 Å². The molecule has 1 aromatic carbocycles. The van der Waals surface area contributed by atoms with Gasteiger partial charge in [-0.3, -0.25) is 0 Å². The van der Waals surface area contributed by atoms with E-state index in [2.05, 4.69) is 24.1 Å². The Morgan fingerprint density at radius 1 is 1.35 bits per heavy atom. The maximum atomic E-state index is 7.34. The van der Waals surface area contributed by atoms with E-state index >= 15 is 0 Å². The van der Waals surface area contributed by atoms with Crippen LogP contribution in [-0.2, 0) is 11.8 Å². The minimum Gasteiger partial charge on any atom is -0.497 e. The standard InChI is InChI=1S/C18H25NO/c1-19-10-9-18-8-4-3-5-15(18)17(19)11-13-6-7-14(20-2)12-16(13)18/h6-7,12,15,17H,3-5,8-11H2,1-2H3/t15-,17+,18+/m0/s1/i2D2. The van der Waals surface area contributed by atoms with E-state index in [0.29, 0.717) is 17.2 Å². The van der Waals surface area contributed by atoms with Gasteiger partial charge in [0.25, 0.3) is 0 Å². The quantitative estimate of drug-likeness (QED) is 0.778. The molecule has 3 aliphatic rings. The van der Waals surface area contributed by atoms with E-state index in [0.717, 1.165) is 12.3 Å². The second-order valence-electron chi connectivity index (χ2n) is 6.95. The molecule has 1 saturated carbocycles. The molecule has 2 fully saturated rings. The third kappa shape index (κ3) is 1.60. The van der Waals surface area contributed by atoms with Crippen molar-refractivity contribution in [2.75, 3.05) is 20.7 Å². The van der Waals surface area contributed by atoms with Crippen LogP contribution in [0.4, 0.5) is 0 Å². The lowest BCUT2D eigenvalue weighted by Gasteiger charge is -2.58. The molecule has 2 bridgehead atoms. The molecular weight excluding hydrogens is 246 g/mol. The number of fused-ring (bicyclic) bond motifs is 1. The highest BCUT2D eigenvalue weighted by atomic mass is 16.5. The fourth-order valence-electron chi connectivity index (χ4n) is 5.25. The third-order valence-electron chi connectivity index (χ3n) is 6.22. The Morgan fingerprint density at radius 2 is 2.30 bits per heavy atom. The van der Waals surface area contributed by atoms with Crippen LogP contribution in [0, 0.1) is 5.92 Å². The number of piperidine rings is 1. The predicted octanol–water partition coefficient (Wildman–Crippen LogP) is 3.38. The van der Waals surface area contributed by atoms with Crippen LogP contribution in [0.3, 0.4) is 0 Å². The van der Waals surface area contributed by atoms with Gasteiger partial charge in [0.05, 0.1) is 9.80 Å². The van der Waals surface area contributed by atoms with Crippen molar-refractivity contribution in [3.8, 4) is 5.75 Å². The molecule has 2 heteroatoms. The van der Waals surface area contributed by atoms with Gasteiger partial charge in [-0.05, 0) is 68.5 Å². The Hall–Kier alpha value is -1.02. The number of rotatable bonds is 1. The van der Waals surface area contributed by atoms with Crippen LogP contribution < -0.4 is 4.74 Å². The van der Waals surface area contributed by atoms with Gasteiger partial charge in [0.15, 0.2) is 0 Å². The van der Waals surface area contributed by atoms with Gasteiger partial charge in [-0.25, -0.2) is 0 Å². The zero-order valence-corrected chi connectivity index (χ0v) is 12.3. The third-order valence-corrected chi connectivity index (χ3v) is 6.22. The molecule has 0 radical (unpaired) electrons. The maximum absolute atomic E-state index is 7.34. The highest BCUT2D eigenvalue weighted by Crippen LogP contribution is 2.55. The van der Waals surface area contributed by atoms with E-state index in [4.69, 9.17) is 7.48 Å². The summed E-state index contributed by atoms with van der Waals surface area (Å²) in [5, 5.41) is 0. The number of benzene rings is 1. The zero-order valence-electron chi connectivity index (χ0n) is 14.3. The second-order valence-corrected chi connectivity index (χ2v) is 6.95. The summed E-state index contributed by atoms with van der Waals surface area (Å²) in [6.07, 6.45) is 7.72. The van der Waals surface area contributed by atoms with Crippen LogP contribution in [0.2, 0.25) is 0 Å². The van der Waals surface area contributed by atoms with Crippen molar-refractivity contribution < 1.29 is 7.48 Å². The summed E-state index contributed by atoms with van der Waals surface area (Å²) in [5.74, 6) is 1.47. The Labute approximate surface area is 124 Å². The Bertz CT molecular complexity index is 576. The van der Waals surface area contributed by atoms with Crippen LogP contribution in [0.1, 0.15) is 46.0 Å². The summed E-state index contributed by atoms with van der Waals surface area (Å²) in [6, 6.07) is 6.98. The molecule has 0 spiro atoms. The average molecular weight is 273 g/mol. The first-order valence-corrected chi connectivity index (χ1v) is 7.95. The van der Waals surface area contributed by atoms with Crippen LogP contribution in [0.15, 0.2) is 18.2 Å². The molecular formula is C18H25NO. The van der Waals surface area contributed by atoms with Crippen molar-refractivity contribution in [2.45, 2.75) is 50.0 Å². The van der Waals surface area contributed by atoms with Gasteiger partial charge in [0.2, 0.25) is 0 Å². The Morgan fingerprint density at radius 3 is 3.20 bits per heavy atom. The van der Waals surface area contributed by atoms with Gasteiger partial charge in [-0.2, -0.15) is 0 Å².